The van der Waals surface area contributed by atoms with Gasteiger partial charge >= 0.3 is 0 Å². The van der Waals surface area contributed by atoms with Crippen LogP contribution in [0.1, 0.15) is 16.7 Å². The smallest absolute Gasteiger partial charge is 0.246 e. The quantitative estimate of drug-likeness (QED) is 0.187. The number of hydrogen-bond acceptors (Lipinski definition) is 4. The first kappa shape index (κ1) is 28.5. The van der Waals surface area contributed by atoms with Gasteiger partial charge in [-0.05, 0) is 82.9 Å². The summed E-state index contributed by atoms with van der Waals surface area (Å²) in [5, 5.41) is 5.53. The minimum absolute atomic E-state index is 0.538. The molecule has 3 aromatic heterocycles. The molecule has 0 N–H and O–H groups in total. The molecule has 0 radical (unpaired) electrons. The Balaban J connectivity index is 1.15. The van der Waals surface area contributed by atoms with Gasteiger partial charge in [-0.25, -0.2) is 9.97 Å². The van der Waals surface area contributed by atoms with Crippen molar-refractivity contribution in [3.63, 3.8) is 0 Å². The van der Waals surface area contributed by atoms with E-state index < -0.39 is 0 Å². The first-order chi connectivity index (χ1) is 24.7. The SMILES string of the molecule is Cc1ccccc1-c1cc2c(cc1Cc1cccc(-c3nc4oc5ccccc5c4nc3-c3ccccc3)c1)oc1c3ccccc3ccc21. The Morgan fingerprint density at radius 3 is 2.16 bits per heavy atom. The van der Waals surface area contributed by atoms with E-state index in [0.29, 0.717) is 12.1 Å². The van der Waals surface area contributed by atoms with Crippen LogP contribution in [-0.4, -0.2) is 9.97 Å². The van der Waals surface area contributed by atoms with Crippen LogP contribution in [0.4, 0.5) is 0 Å². The summed E-state index contributed by atoms with van der Waals surface area (Å²) >= 11 is 0. The van der Waals surface area contributed by atoms with Gasteiger partial charge in [0.2, 0.25) is 5.71 Å². The van der Waals surface area contributed by atoms with Gasteiger partial charge in [-0.3, -0.25) is 0 Å². The van der Waals surface area contributed by atoms with Crippen LogP contribution >= 0.6 is 0 Å². The number of aromatic nitrogens is 2. The fraction of sp³-hybridized carbons (Fsp3) is 0.0435. The molecule has 0 spiro atoms. The molecule has 0 aliphatic carbocycles. The Hall–Kier alpha value is -6.52. The maximum atomic E-state index is 6.66. The highest BCUT2D eigenvalue weighted by Crippen LogP contribution is 2.40. The molecule has 0 saturated carbocycles. The van der Waals surface area contributed by atoms with Crippen molar-refractivity contribution in [2.24, 2.45) is 0 Å². The molecule has 0 atom stereocenters. The third-order valence-corrected chi connectivity index (χ3v) is 9.88. The molecule has 0 bridgehead atoms. The zero-order chi connectivity index (χ0) is 33.2. The first-order valence-electron chi connectivity index (χ1n) is 16.9. The van der Waals surface area contributed by atoms with Gasteiger partial charge in [0, 0.05) is 32.7 Å². The molecule has 236 valence electrons. The van der Waals surface area contributed by atoms with Crippen LogP contribution in [0.25, 0.3) is 88.6 Å². The van der Waals surface area contributed by atoms with Crippen LogP contribution in [0.3, 0.4) is 0 Å². The number of fused-ring (bicyclic) bond motifs is 8. The van der Waals surface area contributed by atoms with Crippen LogP contribution < -0.4 is 0 Å². The van der Waals surface area contributed by atoms with Gasteiger partial charge in [-0.1, -0.05) is 115 Å². The zero-order valence-corrected chi connectivity index (χ0v) is 27.4. The van der Waals surface area contributed by atoms with Crippen molar-refractivity contribution in [2.75, 3.05) is 0 Å². The van der Waals surface area contributed by atoms with Gasteiger partial charge in [0.1, 0.15) is 28.0 Å². The van der Waals surface area contributed by atoms with E-state index in [2.05, 4.69) is 116 Å². The Kier molecular flexibility index (Phi) is 6.43. The molecule has 3 heterocycles. The molecule has 0 saturated heterocycles. The lowest BCUT2D eigenvalue weighted by Crippen LogP contribution is -1.97. The topological polar surface area (TPSA) is 52.1 Å². The predicted octanol–water partition coefficient (Wildman–Crippen LogP) is 12.3. The summed E-state index contributed by atoms with van der Waals surface area (Å²) in [5.41, 5.74) is 13.6. The number of furan rings is 2. The highest BCUT2D eigenvalue weighted by Gasteiger charge is 2.20. The molecule has 0 aliphatic heterocycles. The Morgan fingerprint density at radius 1 is 0.500 bits per heavy atom. The number of rotatable bonds is 5. The molecule has 50 heavy (non-hydrogen) atoms. The average Bonchev–Trinajstić information content (AvgIpc) is 3.72. The Bertz CT molecular complexity index is 2920. The van der Waals surface area contributed by atoms with Crippen LogP contribution in [0.5, 0.6) is 0 Å². The highest BCUT2D eigenvalue weighted by atomic mass is 16.3. The maximum absolute atomic E-state index is 6.66. The van der Waals surface area contributed by atoms with Crippen molar-refractivity contribution in [3.8, 4) is 33.6 Å². The monoisotopic (exact) mass is 642 g/mol. The average molecular weight is 643 g/mol. The number of para-hydroxylation sites is 1. The van der Waals surface area contributed by atoms with Gasteiger partial charge in [0.25, 0.3) is 0 Å². The molecule has 4 heteroatoms. The fourth-order valence-corrected chi connectivity index (χ4v) is 7.43. The summed E-state index contributed by atoms with van der Waals surface area (Å²) in [6, 6.07) is 52.9. The third kappa shape index (κ3) is 4.61. The Morgan fingerprint density at radius 2 is 1.26 bits per heavy atom. The molecular formula is C46H30N2O2. The van der Waals surface area contributed by atoms with Crippen LogP contribution in [0.2, 0.25) is 0 Å². The summed E-state index contributed by atoms with van der Waals surface area (Å²) in [5.74, 6) is 0. The molecule has 0 fully saturated rings. The molecule has 7 aromatic carbocycles. The van der Waals surface area contributed by atoms with Crippen LogP contribution in [0, 0.1) is 6.92 Å². The lowest BCUT2D eigenvalue weighted by atomic mass is 9.90. The maximum Gasteiger partial charge on any atom is 0.246 e. The summed E-state index contributed by atoms with van der Waals surface area (Å²) in [7, 11) is 0. The summed E-state index contributed by atoms with van der Waals surface area (Å²) in [6.07, 6.45) is 0.715. The van der Waals surface area contributed by atoms with Gasteiger partial charge in [-0.15, -0.1) is 0 Å². The first-order valence-corrected chi connectivity index (χ1v) is 16.9. The lowest BCUT2D eigenvalue weighted by molar-refractivity contribution is 0.653. The van der Waals surface area contributed by atoms with Gasteiger partial charge in [0.05, 0.1) is 5.69 Å². The molecule has 10 aromatic rings. The number of benzene rings is 7. The number of nitrogens with zero attached hydrogens (tertiary/aromatic N) is 2. The van der Waals surface area contributed by atoms with E-state index in [0.717, 1.165) is 66.3 Å². The minimum atomic E-state index is 0.538. The van der Waals surface area contributed by atoms with Crippen molar-refractivity contribution in [1.82, 2.24) is 9.97 Å². The molecule has 0 amide bonds. The van der Waals surface area contributed by atoms with Gasteiger partial charge < -0.3 is 8.83 Å². The standard InChI is InChI=1S/C46H30N2O2/c1-28-12-5-7-18-34(28)38-27-39-36-23-22-30-14-6-8-19-35(30)45(36)49-41(39)26-33(38)25-29-13-11-17-32(24-29)43-42(31-15-3-2-4-16-31)47-44-37-20-9-10-21-40(37)50-46(44)48-43/h2-24,26-27H,25H2,1H3. The Labute approximate surface area is 288 Å². The van der Waals surface area contributed by atoms with Gasteiger partial charge in [0.15, 0.2) is 0 Å². The molecule has 0 unspecified atom stereocenters. The zero-order valence-electron chi connectivity index (χ0n) is 27.4. The normalized spacial score (nSPS) is 11.8. The molecule has 10 rings (SSSR count). The second-order valence-electron chi connectivity index (χ2n) is 13.0. The van der Waals surface area contributed by atoms with Crippen molar-refractivity contribution >= 4 is 54.9 Å². The largest absolute Gasteiger partial charge is 0.455 e. The van der Waals surface area contributed by atoms with Crippen molar-refractivity contribution in [2.45, 2.75) is 13.3 Å². The van der Waals surface area contributed by atoms with Crippen molar-refractivity contribution in [1.29, 1.82) is 0 Å². The summed E-state index contributed by atoms with van der Waals surface area (Å²) in [4.78, 5) is 10.3. The summed E-state index contributed by atoms with van der Waals surface area (Å²) < 4.78 is 12.9. The second kappa shape index (κ2) is 11.3. The van der Waals surface area contributed by atoms with Crippen LogP contribution in [-0.2, 0) is 6.42 Å². The van der Waals surface area contributed by atoms with Gasteiger partial charge in [-0.2, -0.15) is 0 Å². The predicted molar refractivity (Wildman–Crippen MR) is 204 cm³/mol. The molecular weight excluding hydrogens is 613 g/mol. The third-order valence-electron chi connectivity index (χ3n) is 9.88. The number of aryl methyl sites for hydroxylation is 1. The lowest BCUT2D eigenvalue weighted by Gasteiger charge is -2.14. The van der Waals surface area contributed by atoms with E-state index in [1.165, 1.54) is 33.2 Å². The second-order valence-corrected chi connectivity index (χ2v) is 13.0. The highest BCUT2D eigenvalue weighted by molar-refractivity contribution is 6.15. The van der Waals surface area contributed by atoms with Crippen molar-refractivity contribution < 1.29 is 8.83 Å². The van der Waals surface area contributed by atoms with E-state index >= 15 is 0 Å². The van der Waals surface area contributed by atoms with Crippen molar-refractivity contribution in [3.05, 3.63) is 168 Å². The van der Waals surface area contributed by atoms with Crippen LogP contribution in [0.15, 0.2) is 160 Å². The van der Waals surface area contributed by atoms with E-state index in [9.17, 15) is 0 Å². The minimum Gasteiger partial charge on any atom is -0.455 e. The number of hydrogen-bond donors (Lipinski definition) is 0. The summed E-state index contributed by atoms with van der Waals surface area (Å²) in [6.45, 7) is 2.18. The van der Waals surface area contributed by atoms with E-state index in [4.69, 9.17) is 18.8 Å². The molecule has 0 aliphatic rings. The van der Waals surface area contributed by atoms with E-state index in [1.54, 1.807) is 0 Å². The van der Waals surface area contributed by atoms with E-state index in [1.807, 2.05) is 42.5 Å². The van der Waals surface area contributed by atoms with E-state index in [-0.39, 0.29) is 0 Å². The fourth-order valence-electron chi connectivity index (χ4n) is 7.43. The molecule has 4 nitrogen and oxygen atoms in total.